The van der Waals surface area contributed by atoms with E-state index in [9.17, 15) is 13.6 Å². The van der Waals surface area contributed by atoms with E-state index in [2.05, 4.69) is 10.5 Å². The number of ether oxygens (including phenoxy) is 2. The molecular formula is C24H18ClF2N3O3. The maximum atomic E-state index is 14.0. The molecule has 0 aliphatic rings. The standard InChI is InChI=1S/C24H18ClF2N3O3/c1-2-32-22-11-17(9-20(25)23(22)33-14-16-4-3-5-18(26)8-16)13-29-30-24(31)19-7-6-15(12-28)10-21(19)27/h3-11,13H,2,14H2,1H3,(H,30,31)/b29-13-. The highest BCUT2D eigenvalue weighted by atomic mass is 35.5. The minimum atomic E-state index is -0.830. The van der Waals surface area contributed by atoms with Gasteiger partial charge in [-0.2, -0.15) is 10.4 Å². The zero-order chi connectivity index (χ0) is 23.8. The lowest BCUT2D eigenvalue weighted by Crippen LogP contribution is -2.19. The van der Waals surface area contributed by atoms with Crippen molar-refractivity contribution in [2.24, 2.45) is 5.10 Å². The molecule has 3 rings (SSSR count). The van der Waals surface area contributed by atoms with Crippen molar-refractivity contribution in [2.75, 3.05) is 6.61 Å². The summed E-state index contributed by atoms with van der Waals surface area (Å²) in [6, 6.07) is 14.4. The molecule has 0 aromatic heterocycles. The van der Waals surface area contributed by atoms with Crippen LogP contribution in [-0.4, -0.2) is 18.7 Å². The van der Waals surface area contributed by atoms with Gasteiger partial charge in [0.15, 0.2) is 11.5 Å². The SMILES string of the molecule is CCOc1cc(/C=N\NC(=O)c2ccc(C#N)cc2F)cc(Cl)c1OCc1cccc(F)c1. The second-order valence-corrected chi connectivity index (χ2v) is 7.09. The van der Waals surface area contributed by atoms with E-state index >= 15 is 0 Å². The van der Waals surface area contributed by atoms with Crippen molar-refractivity contribution in [2.45, 2.75) is 13.5 Å². The van der Waals surface area contributed by atoms with Gasteiger partial charge in [-0.25, -0.2) is 14.2 Å². The molecule has 3 aromatic carbocycles. The molecule has 0 bridgehead atoms. The Morgan fingerprint density at radius 2 is 2.00 bits per heavy atom. The average Bonchev–Trinajstić information content (AvgIpc) is 2.78. The summed E-state index contributed by atoms with van der Waals surface area (Å²) in [5.74, 6) is -1.36. The van der Waals surface area contributed by atoms with Gasteiger partial charge in [0.1, 0.15) is 18.2 Å². The Balaban J connectivity index is 1.73. The Labute approximate surface area is 194 Å². The first-order valence-electron chi connectivity index (χ1n) is 9.78. The van der Waals surface area contributed by atoms with Gasteiger partial charge in [0.25, 0.3) is 5.91 Å². The quantitative estimate of drug-likeness (QED) is 0.361. The summed E-state index contributed by atoms with van der Waals surface area (Å²) in [4.78, 5) is 12.1. The van der Waals surface area contributed by atoms with Crippen LogP contribution in [0.15, 0.2) is 59.7 Å². The van der Waals surface area contributed by atoms with Gasteiger partial charge in [-0.3, -0.25) is 4.79 Å². The van der Waals surface area contributed by atoms with Crippen LogP contribution in [0.4, 0.5) is 8.78 Å². The minimum Gasteiger partial charge on any atom is -0.490 e. The first-order chi connectivity index (χ1) is 15.9. The molecule has 33 heavy (non-hydrogen) atoms. The van der Waals surface area contributed by atoms with Crippen molar-refractivity contribution in [3.8, 4) is 17.6 Å². The van der Waals surface area contributed by atoms with Gasteiger partial charge in [0.2, 0.25) is 0 Å². The van der Waals surface area contributed by atoms with Gasteiger partial charge in [0.05, 0.1) is 35.0 Å². The largest absolute Gasteiger partial charge is 0.490 e. The number of nitrogens with one attached hydrogen (secondary N) is 1. The van der Waals surface area contributed by atoms with E-state index in [1.165, 1.54) is 30.5 Å². The van der Waals surface area contributed by atoms with Crippen LogP contribution >= 0.6 is 11.6 Å². The molecule has 3 aromatic rings. The monoisotopic (exact) mass is 469 g/mol. The molecule has 0 heterocycles. The number of nitriles is 1. The van der Waals surface area contributed by atoms with Gasteiger partial charge in [-0.1, -0.05) is 23.7 Å². The lowest BCUT2D eigenvalue weighted by molar-refractivity contribution is 0.0951. The molecule has 0 spiro atoms. The van der Waals surface area contributed by atoms with E-state index in [-0.39, 0.29) is 34.3 Å². The minimum absolute atomic E-state index is 0.0806. The number of benzene rings is 3. The third-order valence-corrected chi connectivity index (χ3v) is 4.61. The highest BCUT2D eigenvalue weighted by molar-refractivity contribution is 6.32. The summed E-state index contributed by atoms with van der Waals surface area (Å²) < 4.78 is 38.7. The van der Waals surface area contributed by atoms with Crippen molar-refractivity contribution in [3.63, 3.8) is 0 Å². The van der Waals surface area contributed by atoms with Gasteiger partial charge < -0.3 is 9.47 Å². The highest BCUT2D eigenvalue weighted by Gasteiger charge is 2.14. The maximum absolute atomic E-state index is 14.0. The summed E-state index contributed by atoms with van der Waals surface area (Å²) >= 11 is 6.35. The molecule has 0 aliphatic heterocycles. The number of halogens is 3. The Kier molecular flexibility index (Phi) is 7.95. The van der Waals surface area contributed by atoms with Crippen molar-refractivity contribution in [1.82, 2.24) is 5.43 Å². The molecule has 168 valence electrons. The molecule has 0 saturated carbocycles. The fraction of sp³-hybridized carbons (Fsp3) is 0.125. The molecule has 0 saturated heterocycles. The molecule has 0 fully saturated rings. The second kappa shape index (κ2) is 11.1. The van der Waals surface area contributed by atoms with Crippen LogP contribution in [0.2, 0.25) is 5.02 Å². The Morgan fingerprint density at radius 1 is 1.18 bits per heavy atom. The van der Waals surface area contributed by atoms with Crippen molar-refractivity contribution in [3.05, 3.63) is 93.5 Å². The van der Waals surface area contributed by atoms with Crippen LogP contribution in [0, 0.1) is 23.0 Å². The summed E-state index contributed by atoms with van der Waals surface area (Å²) in [6.07, 6.45) is 1.31. The predicted molar refractivity (Wildman–Crippen MR) is 120 cm³/mol. The van der Waals surface area contributed by atoms with E-state index in [1.54, 1.807) is 37.3 Å². The summed E-state index contributed by atoms with van der Waals surface area (Å²) in [6.45, 7) is 2.20. The molecule has 0 radical (unpaired) electrons. The van der Waals surface area contributed by atoms with E-state index in [4.69, 9.17) is 26.3 Å². The van der Waals surface area contributed by atoms with Crippen LogP contribution in [0.25, 0.3) is 0 Å². The van der Waals surface area contributed by atoms with Gasteiger partial charge in [-0.15, -0.1) is 0 Å². The lowest BCUT2D eigenvalue weighted by Gasteiger charge is -2.14. The lowest BCUT2D eigenvalue weighted by atomic mass is 10.1. The van der Waals surface area contributed by atoms with Crippen LogP contribution in [0.5, 0.6) is 11.5 Å². The number of amides is 1. The second-order valence-electron chi connectivity index (χ2n) is 6.69. The van der Waals surface area contributed by atoms with E-state index in [0.717, 1.165) is 6.07 Å². The Morgan fingerprint density at radius 3 is 2.70 bits per heavy atom. The number of carbonyl (C=O) groups is 1. The molecule has 9 heteroatoms. The molecule has 1 amide bonds. The zero-order valence-electron chi connectivity index (χ0n) is 17.4. The van der Waals surface area contributed by atoms with E-state index in [1.807, 2.05) is 0 Å². The molecule has 0 aliphatic carbocycles. The van der Waals surface area contributed by atoms with E-state index < -0.39 is 11.7 Å². The maximum Gasteiger partial charge on any atom is 0.274 e. The van der Waals surface area contributed by atoms with Crippen LogP contribution < -0.4 is 14.9 Å². The Bertz CT molecular complexity index is 1240. The molecule has 1 N–H and O–H groups in total. The van der Waals surface area contributed by atoms with Crippen LogP contribution in [-0.2, 0) is 6.61 Å². The fourth-order valence-electron chi connectivity index (χ4n) is 2.84. The topological polar surface area (TPSA) is 83.7 Å². The van der Waals surface area contributed by atoms with E-state index in [0.29, 0.717) is 23.5 Å². The predicted octanol–water partition coefficient (Wildman–Crippen LogP) is 5.23. The summed E-state index contributed by atoms with van der Waals surface area (Å²) in [5, 5.41) is 12.8. The first kappa shape index (κ1) is 23.7. The van der Waals surface area contributed by atoms with Crippen molar-refractivity contribution >= 4 is 23.7 Å². The smallest absolute Gasteiger partial charge is 0.274 e. The van der Waals surface area contributed by atoms with Gasteiger partial charge in [0, 0.05) is 0 Å². The first-order valence-corrected chi connectivity index (χ1v) is 10.2. The third-order valence-electron chi connectivity index (χ3n) is 4.33. The molecule has 0 atom stereocenters. The Hall–Kier alpha value is -3.96. The van der Waals surface area contributed by atoms with Crippen LogP contribution in [0.3, 0.4) is 0 Å². The highest BCUT2D eigenvalue weighted by Crippen LogP contribution is 2.37. The average molecular weight is 470 g/mol. The number of hydrazone groups is 1. The summed E-state index contributed by atoms with van der Waals surface area (Å²) in [7, 11) is 0. The summed E-state index contributed by atoms with van der Waals surface area (Å²) in [5.41, 5.74) is 3.18. The van der Waals surface area contributed by atoms with Crippen molar-refractivity contribution < 1.29 is 23.0 Å². The fourth-order valence-corrected chi connectivity index (χ4v) is 3.12. The number of rotatable bonds is 8. The van der Waals surface area contributed by atoms with Gasteiger partial charge in [-0.05, 0) is 60.5 Å². The van der Waals surface area contributed by atoms with Crippen LogP contribution in [0.1, 0.15) is 34.0 Å². The van der Waals surface area contributed by atoms with Crippen molar-refractivity contribution in [1.29, 1.82) is 5.26 Å². The molecule has 0 unspecified atom stereocenters. The number of hydrogen-bond acceptors (Lipinski definition) is 5. The molecule has 6 nitrogen and oxygen atoms in total. The number of nitrogens with zero attached hydrogens (tertiary/aromatic N) is 2. The normalized spacial score (nSPS) is 10.6. The van der Waals surface area contributed by atoms with Gasteiger partial charge >= 0.3 is 0 Å². The number of hydrogen-bond donors (Lipinski definition) is 1. The number of carbonyl (C=O) groups excluding carboxylic acids is 1. The zero-order valence-corrected chi connectivity index (χ0v) is 18.2. The third kappa shape index (κ3) is 6.28. The molecular weight excluding hydrogens is 452 g/mol.